The molecule has 1 unspecified atom stereocenters. The number of aliphatic hydroxyl groups excluding tert-OH is 1. The summed E-state index contributed by atoms with van der Waals surface area (Å²) in [6, 6.07) is 0. The molecule has 1 heteroatoms. The van der Waals surface area contributed by atoms with E-state index in [1.807, 2.05) is 0 Å². The van der Waals surface area contributed by atoms with Crippen LogP contribution in [0, 0.1) is 11.3 Å². The molecule has 0 radical (unpaired) electrons. The Bertz CT molecular complexity index is 157. The van der Waals surface area contributed by atoms with Crippen LogP contribution in [0.1, 0.15) is 65.7 Å². The summed E-state index contributed by atoms with van der Waals surface area (Å²) in [6.45, 7) is 6.53. The summed E-state index contributed by atoms with van der Waals surface area (Å²) in [5, 5.41) is 10.1. The molecule has 0 saturated heterocycles. The number of hydrogen-bond acceptors (Lipinski definition) is 1. The van der Waals surface area contributed by atoms with Gasteiger partial charge in [-0.2, -0.15) is 0 Å². The Labute approximate surface area is 88.9 Å². The zero-order valence-electron chi connectivity index (χ0n) is 10.1. The van der Waals surface area contributed by atoms with Crippen LogP contribution in [0.25, 0.3) is 0 Å². The van der Waals surface area contributed by atoms with Gasteiger partial charge in [0.15, 0.2) is 0 Å². The van der Waals surface area contributed by atoms with Gasteiger partial charge in [0.2, 0.25) is 0 Å². The Morgan fingerprint density at radius 1 is 1.21 bits per heavy atom. The van der Waals surface area contributed by atoms with Gasteiger partial charge in [-0.1, -0.05) is 52.9 Å². The topological polar surface area (TPSA) is 20.2 Å². The lowest BCUT2D eigenvalue weighted by Crippen LogP contribution is -2.31. The summed E-state index contributed by atoms with van der Waals surface area (Å²) in [5.41, 5.74) is 0.109. The first-order valence-electron chi connectivity index (χ1n) is 6.24. The van der Waals surface area contributed by atoms with Crippen molar-refractivity contribution >= 4 is 0 Å². The van der Waals surface area contributed by atoms with E-state index in [2.05, 4.69) is 20.8 Å². The number of aliphatic hydroxyl groups is 1. The van der Waals surface area contributed by atoms with E-state index >= 15 is 0 Å². The first-order valence-corrected chi connectivity index (χ1v) is 6.24. The van der Waals surface area contributed by atoms with Crippen LogP contribution in [0.3, 0.4) is 0 Å². The van der Waals surface area contributed by atoms with Gasteiger partial charge in [0.1, 0.15) is 0 Å². The standard InChI is InChI=1S/C13H26O/c1-4-13(2,3)12(14)10-11-8-6-5-7-9-11/h11-12,14H,4-10H2,1-3H3. The predicted octanol–water partition coefficient (Wildman–Crippen LogP) is 3.75. The molecular formula is C13H26O. The molecule has 1 aliphatic carbocycles. The fourth-order valence-corrected chi connectivity index (χ4v) is 2.29. The van der Waals surface area contributed by atoms with Crippen LogP contribution in [0.2, 0.25) is 0 Å². The molecular weight excluding hydrogens is 172 g/mol. The van der Waals surface area contributed by atoms with Crippen molar-refractivity contribution < 1.29 is 5.11 Å². The Morgan fingerprint density at radius 3 is 2.29 bits per heavy atom. The largest absolute Gasteiger partial charge is 0.393 e. The summed E-state index contributed by atoms with van der Waals surface area (Å²) < 4.78 is 0. The summed E-state index contributed by atoms with van der Waals surface area (Å²) in [6.07, 6.45) is 8.85. The Balaban J connectivity index is 2.34. The SMILES string of the molecule is CCC(C)(C)C(O)CC1CCCCC1. The van der Waals surface area contributed by atoms with Gasteiger partial charge in [0.25, 0.3) is 0 Å². The molecule has 14 heavy (non-hydrogen) atoms. The summed E-state index contributed by atoms with van der Waals surface area (Å²) in [4.78, 5) is 0. The monoisotopic (exact) mass is 198 g/mol. The molecule has 1 aliphatic rings. The molecule has 0 spiro atoms. The molecule has 0 aliphatic heterocycles. The van der Waals surface area contributed by atoms with E-state index in [4.69, 9.17) is 0 Å². The lowest BCUT2D eigenvalue weighted by atomic mass is 9.76. The van der Waals surface area contributed by atoms with Gasteiger partial charge in [0.05, 0.1) is 6.10 Å². The highest BCUT2D eigenvalue weighted by molar-refractivity contribution is 4.79. The summed E-state index contributed by atoms with van der Waals surface area (Å²) in [5.74, 6) is 0.796. The number of rotatable bonds is 4. The average molecular weight is 198 g/mol. The second-order valence-electron chi connectivity index (χ2n) is 5.60. The van der Waals surface area contributed by atoms with Gasteiger partial charge in [-0.15, -0.1) is 0 Å². The van der Waals surface area contributed by atoms with Crippen molar-refractivity contribution in [1.82, 2.24) is 0 Å². The van der Waals surface area contributed by atoms with Crippen molar-refractivity contribution in [3.05, 3.63) is 0 Å². The molecule has 84 valence electrons. The normalized spacial score (nSPS) is 22.3. The van der Waals surface area contributed by atoms with E-state index < -0.39 is 0 Å². The molecule has 0 bridgehead atoms. The van der Waals surface area contributed by atoms with Gasteiger partial charge in [0, 0.05) is 0 Å². The Hall–Kier alpha value is -0.0400. The third-order valence-corrected chi connectivity index (χ3v) is 4.09. The number of hydrogen-bond donors (Lipinski definition) is 1. The van der Waals surface area contributed by atoms with Gasteiger partial charge in [-0.3, -0.25) is 0 Å². The smallest absolute Gasteiger partial charge is 0.0593 e. The van der Waals surface area contributed by atoms with E-state index in [1.54, 1.807) is 0 Å². The fourth-order valence-electron chi connectivity index (χ4n) is 2.29. The highest BCUT2D eigenvalue weighted by Crippen LogP contribution is 2.34. The lowest BCUT2D eigenvalue weighted by molar-refractivity contribution is 0.0224. The Morgan fingerprint density at radius 2 is 1.79 bits per heavy atom. The van der Waals surface area contributed by atoms with Crippen LogP contribution >= 0.6 is 0 Å². The van der Waals surface area contributed by atoms with Crippen molar-refractivity contribution in [3.63, 3.8) is 0 Å². The molecule has 1 fully saturated rings. The van der Waals surface area contributed by atoms with E-state index in [-0.39, 0.29) is 11.5 Å². The molecule has 1 atom stereocenters. The van der Waals surface area contributed by atoms with Gasteiger partial charge >= 0.3 is 0 Å². The van der Waals surface area contributed by atoms with Crippen molar-refractivity contribution in [3.8, 4) is 0 Å². The van der Waals surface area contributed by atoms with E-state index in [0.717, 1.165) is 18.8 Å². The van der Waals surface area contributed by atoms with Crippen molar-refractivity contribution in [2.45, 2.75) is 71.8 Å². The third-order valence-electron chi connectivity index (χ3n) is 4.09. The fraction of sp³-hybridized carbons (Fsp3) is 1.00. The maximum Gasteiger partial charge on any atom is 0.0593 e. The van der Waals surface area contributed by atoms with Crippen molar-refractivity contribution in [2.24, 2.45) is 11.3 Å². The van der Waals surface area contributed by atoms with Crippen molar-refractivity contribution in [1.29, 1.82) is 0 Å². The highest BCUT2D eigenvalue weighted by atomic mass is 16.3. The molecule has 1 saturated carbocycles. The van der Waals surface area contributed by atoms with Crippen LogP contribution in [-0.2, 0) is 0 Å². The van der Waals surface area contributed by atoms with Crippen molar-refractivity contribution in [2.75, 3.05) is 0 Å². The average Bonchev–Trinajstić information content (AvgIpc) is 2.19. The second-order valence-corrected chi connectivity index (χ2v) is 5.60. The van der Waals surface area contributed by atoms with Crippen LogP contribution in [-0.4, -0.2) is 11.2 Å². The van der Waals surface area contributed by atoms with Crippen LogP contribution in [0.5, 0.6) is 0 Å². The predicted molar refractivity (Wildman–Crippen MR) is 61.3 cm³/mol. The van der Waals surface area contributed by atoms with E-state index in [9.17, 15) is 5.11 Å². The Kier molecular flexibility index (Phi) is 4.43. The quantitative estimate of drug-likeness (QED) is 0.729. The van der Waals surface area contributed by atoms with Gasteiger partial charge in [-0.05, 0) is 24.2 Å². The molecule has 1 rings (SSSR count). The molecule has 0 amide bonds. The van der Waals surface area contributed by atoms with Crippen LogP contribution < -0.4 is 0 Å². The minimum Gasteiger partial charge on any atom is -0.393 e. The van der Waals surface area contributed by atoms with Crippen LogP contribution in [0.4, 0.5) is 0 Å². The highest BCUT2D eigenvalue weighted by Gasteiger charge is 2.28. The molecule has 1 N–H and O–H groups in total. The molecule has 1 nitrogen and oxygen atoms in total. The first-order chi connectivity index (χ1) is 6.56. The third kappa shape index (κ3) is 3.27. The summed E-state index contributed by atoms with van der Waals surface area (Å²) in [7, 11) is 0. The van der Waals surface area contributed by atoms with Gasteiger partial charge < -0.3 is 5.11 Å². The molecule has 0 heterocycles. The maximum atomic E-state index is 10.1. The maximum absolute atomic E-state index is 10.1. The first kappa shape index (κ1) is 12.0. The molecule has 0 aromatic carbocycles. The minimum atomic E-state index is -0.101. The molecule has 0 aromatic heterocycles. The lowest BCUT2D eigenvalue weighted by Gasteiger charge is -2.33. The van der Waals surface area contributed by atoms with Crippen LogP contribution in [0.15, 0.2) is 0 Å². The molecule has 0 aromatic rings. The van der Waals surface area contributed by atoms with E-state index in [0.29, 0.717) is 0 Å². The van der Waals surface area contributed by atoms with E-state index in [1.165, 1.54) is 32.1 Å². The minimum absolute atomic E-state index is 0.101. The summed E-state index contributed by atoms with van der Waals surface area (Å²) >= 11 is 0. The van der Waals surface area contributed by atoms with Gasteiger partial charge in [-0.25, -0.2) is 0 Å². The second kappa shape index (κ2) is 5.16. The zero-order chi connectivity index (χ0) is 10.6. The zero-order valence-corrected chi connectivity index (χ0v) is 10.1.